The third-order valence-corrected chi connectivity index (χ3v) is 3.76. The summed E-state index contributed by atoms with van der Waals surface area (Å²) >= 11 is 0. The van der Waals surface area contributed by atoms with Crippen LogP contribution in [0.25, 0.3) is 0 Å². The topological polar surface area (TPSA) is 52.6 Å². The number of hydrogen-bond donors (Lipinski definition) is 2. The van der Waals surface area contributed by atoms with Crippen LogP contribution in [0.15, 0.2) is 54.6 Å². The van der Waals surface area contributed by atoms with Gasteiger partial charge in [0.05, 0.1) is 6.04 Å². The van der Waals surface area contributed by atoms with E-state index in [4.69, 9.17) is 0 Å². The van der Waals surface area contributed by atoms with Crippen LogP contribution < -0.4 is 5.32 Å². The summed E-state index contributed by atoms with van der Waals surface area (Å²) in [6.45, 7) is 3.36. The number of rotatable bonds is 7. The fraction of sp³-hybridized carbons (Fsp3) is 0.316. The second-order valence-corrected chi connectivity index (χ2v) is 5.86. The number of carbonyl (C=O) groups excluding carboxylic acids is 1. The van der Waals surface area contributed by atoms with Gasteiger partial charge in [-0.15, -0.1) is 0 Å². The molecule has 2 N–H and O–H groups in total. The summed E-state index contributed by atoms with van der Waals surface area (Å²) in [5, 5.41) is 12.5. The number of nitrogens with zero attached hydrogens (tertiary/aromatic N) is 1. The van der Waals surface area contributed by atoms with Gasteiger partial charge in [-0.05, 0) is 37.2 Å². The van der Waals surface area contributed by atoms with Crippen LogP contribution in [0, 0.1) is 0 Å². The van der Waals surface area contributed by atoms with Crippen molar-refractivity contribution in [2.75, 3.05) is 13.6 Å². The molecule has 2 rings (SSSR count). The SMILES string of the molecule is C[C@@H](NC(=O)CCN(C)Cc1cccc(O)c1)c1ccccc1. The molecule has 0 heterocycles. The van der Waals surface area contributed by atoms with Gasteiger partial charge in [0.15, 0.2) is 0 Å². The first-order chi connectivity index (χ1) is 11.0. The lowest BCUT2D eigenvalue weighted by Crippen LogP contribution is -2.30. The van der Waals surface area contributed by atoms with E-state index >= 15 is 0 Å². The highest BCUT2D eigenvalue weighted by molar-refractivity contribution is 5.76. The lowest BCUT2D eigenvalue weighted by molar-refractivity contribution is -0.122. The van der Waals surface area contributed by atoms with Gasteiger partial charge in [0, 0.05) is 19.5 Å². The summed E-state index contributed by atoms with van der Waals surface area (Å²) in [5.41, 5.74) is 2.14. The number of amides is 1. The van der Waals surface area contributed by atoms with E-state index in [1.54, 1.807) is 12.1 Å². The van der Waals surface area contributed by atoms with Crippen LogP contribution in [0.3, 0.4) is 0 Å². The average Bonchev–Trinajstić information content (AvgIpc) is 2.54. The van der Waals surface area contributed by atoms with E-state index in [0.717, 1.165) is 11.1 Å². The van der Waals surface area contributed by atoms with Crippen LogP contribution in [-0.4, -0.2) is 29.5 Å². The highest BCUT2D eigenvalue weighted by Crippen LogP contribution is 2.13. The molecule has 0 aliphatic heterocycles. The van der Waals surface area contributed by atoms with Gasteiger partial charge in [0.2, 0.25) is 5.91 Å². The lowest BCUT2D eigenvalue weighted by atomic mass is 10.1. The van der Waals surface area contributed by atoms with Crippen molar-refractivity contribution < 1.29 is 9.90 Å². The Labute approximate surface area is 137 Å². The Balaban J connectivity index is 1.75. The number of benzene rings is 2. The van der Waals surface area contributed by atoms with Crippen LogP contribution in [0.4, 0.5) is 0 Å². The molecule has 0 unspecified atom stereocenters. The molecule has 0 saturated carbocycles. The fourth-order valence-corrected chi connectivity index (χ4v) is 2.48. The van der Waals surface area contributed by atoms with Crippen molar-refractivity contribution in [1.82, 2.24) is 10.2 Å². The third-order valence-electron chi connectivity index (χ3n) is 3.76. The number of phenolic OH excluding ortho intramolecular Hbond substituents is 1. The Kier molecular flexibility index (Phi) is 6.18. The molecule has 4 nitrogen and oxygen atoms in total. The molecule has 2 aromatic rings. The van der Waals surface area contributed by atoms with Crippen molar-refractivity contribution in [3.8, 4) is 5.75 Å². The quantitative estimate of drug-likeness (QED) is 0.826. The minimum atomic E-state index is 0.0140. The van der Waals surface area contributed by atoms with Gasteiger partial charge in [-0.3, -0.25) is 4.79 Å². The molecule has 4 heteroatoms. The van der Waals surface area contributed by atoms with Crippen LogP contribution in [-0.2, 0) is 11.3 Å². The minimum absolute atomic E-state index is 0.0140. The van der Waals surface area contributed by atoms with Crippen LogP contribution in [0.2, 0.25) is 0 Å². The van der Waals surface area contributed by atoms with Crippen LogP contribution in [0.1, 0.15) is 30.5 Å². The summed E-state index contributed by atoms with van der Waals surface area (Å²) in [6.07, 6.45) is 0.451. The van der Waals surface area contributed by atoms with Crippen LogP contribution in [0.5, 0.6) is 5.75 Å². The number of phenols is 1. The Bertz CT molecular complexity index is 628. The normalized spacial score (nSPS) is 12.1. The summed E-state index contributed by atoms with van der Waals surface area (Å²) in [5.74, 6) is 0.314. The molecular weight excluding hydrogens is 288 g/mol. The number of aromatic hydroxyl groups is 1. The molecule has 0 aliphatic rings. The summed E-state index contributed by atoms with van der Waals surface area (Å²) in [7, 11) is 1.97. The van der Waals surface area contributed by atoms with Gasteiger partial charge in [-0.1, -0.05) is 42.5 Å². The Morgan fingerprint density at radius 1 is 1.17 bits per heavy atom. The molecule has 0 aromatic heterocycles. The molecule has 0 fully saturated rings. The first-order valence-electron chi connectivity index (χ1n) is 7.85. The summed E-state index contributed by atoms with van der Waals surface area (Å²) < 4.78 is 0. The highest BCUT2D eigenvalue weighted by Gasteiger charge is 2.10. The first-order valence-corrected chi connectivity index (χ1v) is 7.85. The maximum absolute atomic E-state index is 12.1. The molecule has 1 atom stereocenters. The molecule has 23 heavy (non-hydrogen) atoms. The zero-order chi connectivity index (χ0) is 16.7. The molecule has 122 valence electrons. The third kappa shape index (κ3) is 5.75. The predicted molar refractivity (Wildman–Crippen MR) is 92.1 cm³/mol. The Morgan fingerprint density at radius 2 is 1.91 bits per heavy atom. The molecule has 1 amide bonds. The lowest BCUT2D eigenvalue weighted by Gasteiger charge is -2.18. The van der Waals surface area contributed by atoms with Crippen molar-refractivity contribution in [1.29, 1.82) is 0 Å². The molecule has 0 radical (unpaired) electrons. The van der Waals surface area contributed by atoms with Gasteiger partial charge < -0.3 is 15.3 Å². The van der Waals surface area contributed by atoms with E-state index in [9.17, 15) is 9.90 Å². The molecule has 2 aromatic carbocycles. The van der Waals surface area contributed by atoms with E-state index in [0.29, 0.717) is 19.5 Å². The van der Waals surface area contributed by atoms with Gasteiger partial charge in [-0.25, -0.2) is 0 Å². The first kappa shape index (κ1) is 17.0. The maximum Gasteiger partial charge on any atom is 0.221 e. The molecule has 0 saturated heterocycles. The number of nitrogens with one attached hydrogen (secondary N) is 1. The van der Waals surface area contributed by atoms with Crippen molar-refractivity contribution in [2.45, 2.75) is 25.9 Å². The summed E-state index contributed by atoms with van der Waals surface area (Å²) in [4.78, 5) is 14.1. The van der Waals surface area contributed by atoms with Gasteiger partial charge in [0.25, 0.3) is 0 Å². The second-order valence-electron chi connectivity index (χ2n) is 5.86. The number of hydrogen-bond acceptors (Lipinski definition) is 3. The zero-order valence-corrected chi connectivity index (χ0v) is 13.7. The molecular formula is C19H24N2O2. The monoisotopic (exact) mass is 312 g/mol. The van der Waals surface area contributed by atoms with E-state index in [2.05, 4.69) is 10.2 Å². The van der Waals surface area contributed by atoms with E-state index < -0.39 is 0 Å². The maximum atomic E-state index is 12.1. The Morgan fingerprint density at radius 3 is 2.61 bits per heavy atom. The zero-order valence-electron chi connectivity index (χ0n) is 13.7. The van der Waals surface area contributed by atoms with E-state index in [1.165, 1.54) is 0 Å². The van der Waals surface area contributed by atoms with E-state index in [1.807, 2.05) is 56.4 Å². The second kappa shape index (κ2) is 8.34. The van der Waals surface area contributed by atoms with Crippen molar-refractivity contribution in [3.63, 3.8) is 0 Å². The van der Waals surface area contributed by atoms with Gasteiger partial charge in [-0.2, -0.15) is 0 Å². The molecule has 0 bridgehead atoms. The molecule has 0 spiro atoms. The smallest absolute Gasteiger partial charge is 0.221 e. The van der Waals surface area contributed by atoms with E-state index in [-0.39, 0.29) is 17.7 Å². The van der Waals surface area contributed by atoms with Crippen molar-refractivity contribution >= 4 is 5.91 Å². The average molecular weight is 312 g/mol. The van der Waals surface area contributed by atoms with Crippen molar-refractivity contribution in [2.24, 2.45) is 0 Å². The predicted octanol–water partition coefficient (Wildman–Crippen LogP) is 3.09. The fourth-order valence-electron chi connectivity index (χ4n) is 2.48. The van der Waals surface area contributed by atoms with Gasteiger partial charge in [0.1, 0.15) is 5.75 Å². The van der Waals surface area contributed by atoms with Crippen LogP contribution >= 0.6 is 0 Å². The Hall–Kier alpha value is -2.33. The number of carbonyl (C=O) groups is 1. The standard InChI is InChI=1S/C19H24N2O2/c1-15(17-8-4-3-5-9-17)20-19(23)11-12-21(2)14-16-7-6-10-18(22)13-16/h3-10,13,15,22H,11-12,14H2,1-2H3,(H,20,23)/t15-/m1/s1. The van der Waals surface area contributed by atoms with Crippen molar-refractivity contribution in [3.05, 3.63) is 65.7 Å². The summed E-state index contributed by atoms with van der Waals surface area (Å²) in [6, 6.07) is 17.1. The van der Waals surface area contributed by atoms with Gasteiger partial charge >= 0.3 is 0 Å². The minimum Gasteiger partial charge on any atom is -0.508 e. The largest absolute Gasteiger partial charge is 0.508 e. The highest BCUT2D eigenvalue weighted by atomic mass is 16.3. The molecule has 0 aliphatic carbocycles.